The van der Waals surface area contributed by atoms with Gasteiger partial charge < -0.3 is 28.4 Å². The Hall–Kier alpha value is -3.62. The summed E-state index contributed by atoms with van der Waals surface area (Å²) in [4.78, 5) is 27.0. The molecule has 4 bridgehead atoms. The summed E-state index contributed by atoms with van der Waals surface area (Å²) in [7, 11) is 0. The molecule has 8 heteroatoms. The largest absolute Gasteiger partial charge is 0.487 e. The summed E-state index contributed by atoms with van der Waals surface area (Å²) < 4.78 is 36.2. The summed E-state index contributed by atoms with van der Waals surface area (Å²) in [5, 5.41) is 0. The molecule has 6 atom stereocenters. The molecule has 8 nitrogen and oxygen atoms in total. The average molecular weight is 458 g/mol. The minimum atomic E-state index is -1.37. The first-order valence-electron chi connectivity index (χ1n) is 11.2. The molecule has 0 radical (unpaired) electrons. The Morgan fingerprint density at radius 2 is 1.03 bits per heavy atom. The van der Waals surface area contributed by atoms with E-state index in [1.165, 1.54) is 0 Å². The Labute approximate surface area is 193 Å². The Morgan fingerprint density at radius 1 is 0.618 bits per heavy atom. The Bertz CT molecular complexity index is 1230. The molecule has 6 aliphatic rings. The number of rotatable bonds is 6. The SMILES string of the molecule is O=C1OC2=C(OCc3ccccc3)[C@H]3O[C@@H]2[C@@]12[C@@H]1O[C@H]4C(=C1OCc1ccccc1)OC(=O)[C@]342. The van der Waals surface area contributed by atoms with Gasteiger partial charge in [0.2, 0.25) is 0 Å². The summed E-state index contributed by atoms with van der Waals surface area (Å²) in [5.74, 6) is 0.291. The molecular weight excluding hydrogens is 440 g/mol. The van der Waals surface area contributed by atoms with Crippen molar-refractivity contribution in [2.24, 2.45) is 10.8 Å². The molecule has 2 spiro atoms. The van der Waals surface area contributed by atoms with E-state index >= 15 is 0 Å². The number of carbonyl (C=O) groups excluding carboxylic acids is 2. The normalized spacial score (nSPS) is 37.4. The standard InChI is InChI=1S/C26H18O8/c27-23-25-19-15(29-11-13-7-3-1-4-8-13)17-21(33-19)26(25,24(28)31-17)20-16(18(32-23)22(25)34-20)30-12-14-9-5-2-6-10-14/h1-10,19-22H,11-12H2/t19-,20-,21+,22+,25+,26+/m1/s1. The highest BCUT2D eigenvalue weighted by atomic mass is 16.7. The molecule has 4 fully saturated rings. The zero-order chi connectivity index (χ0) is 22.7. The predicted octanol–water partition coefficient (Wildman–Crippen LogP) is 2.49. The van der Waals surface area contributed by atoms with Crippen LogP contribution >= 0.6 is 0 Å². The molecule has 4 saturated heterocycles. The van der Waals surface area contributed by atoms with E-state index in [4.69, 9.17) is 28.4 Å². The zero-order valence-corrected chi connectivity index (χ0v) is 17.8. The van der Waals surface area contributed by atoms with Crippen LogP contribution in [-0.2, 0) is 51.2 Å². The molecule has 34 heavy (non-hydrogen) atoms. The number of esters is 2. The molecule has 0 amide bonds. The fourth-order valence-electron chi connectivity index (χ4n) is 6.54. The lowest BCUT2D eigenvalue weighted by Gasteiger charge is -2.37. The second-order valence-electron chi connectivity index (χ2n) is 9.31. The Morgan fingerprint density at radius 3 is 1.44 bits per heavy atom. The topological polar surface area (TPSA) is 89.5 Å². The van der Waals surface area contributed by atoms with E-state index in [2.05, 4.69) is 0 Å². The van der Waals surface area contributed by atoms with Crippen molar-refractivity contribution >= 4 is 11.9 Å². The Balaban J connectivity index is 1.19. The van der Waals surface area contributed by atoms with Gasteiger partial charge in [-0.3, -0.25) is 9.59 Å². The highest BCUT2D eigenvalue weighted by molar-refractivity contribution is 6.00. The van der Waals surface area contributed by atoms with Gasteiger partial charge in [-0.2, -0.15) is 0 Å². The van der Waals surface area contributed by atoms with Gasteiger partial charge in [0.05, 0.1) is 0 Å². The first kappa shape index (κ1) is 18.8. The first-order chi connectivity index (χ1) is 16.7. The van der Waals surface area contributed by atoms with Crippen LogP contribution in [0.15, 0.2) is 83.7 Å². The van der Waals surface area contributed by atoms with Crippen LogP contribution in [0.25, 0.3) is 0 Å². The molecule has 0 saturated carbocycles. The monoisotopic (exact) mass is 458 g/mol. The van der Waals surface area contributed by atoms with Crippen molar-refractivity contribution in [1.82, 2.24) is 0 Å². The predicted molar refractivity (Wildman–Crippen MR) is 111 cm³/mol. The third-order valence-electron chi connectivity index (χ3n) is 7.88. The lowest BCUT2D eigenvalue weighted by molar-refractivity contribution is -0.160. The molecule has 0 aromatic heterocycles. The molecule has 0 unspecified atom stereocenters. The molecule has 2 aromatic carbocycles. The van der Waals surface area contributed by atoms with Crippen LogP contribution < -0.4 is 0 Å². The summed E-state index contributed by atoms with van der Waals surface area (Å²) in [6, 6.07) is 19.2. The van der Waals surface area contributed by atoms with Crippen molar-refractivity contribution in [2.75, 3.05) is 0 Å². The van der Waals surface area contributed by atoms with Crippen LogP contribution in [0.4, 0.5) is 0 Å². The number of ether oxygens (including phenoxy) is 6. The lowest BCUT2D eigenvalue weighted by atomic mass is 9.53. The summed E-state index contributed by atoms with van der Waals surface area (Å²) >= 11 is 0. The van der Waals surface area contributed by atoms with Gasteiger partial charge in [-0.05, 0) is 11.1 Å². The van der Waals surface area contributed by atoms with E-state index in [0.29, 0.717) is 23.0 Å². The van der Waals surface area contributed by atoms with Crippen molar-refractivity contribution in [3.63, 3.8) is 0 Å². The molecule has 6 heterocycles. The van der Waals surface area contributed by atoms with Crippen LogP contribution in [0.2, 0.25) is 0 Å². The molecule has 2 aromatic rings. The van der Waals surface area contributed by atoms with Gasteiger partial charge in [-0.1, -0.05) is 60.7 Å². The van der Waals surface area contributed by atoms with Crippen LogP contribution in [0.1, 0.15) is 11.1 Å². The molecule has 170 valence electrons. The highest BCUT2D eigenvalue weighted by Gasteiger charge is 2.96. The fourth-order valence-corrected chi connectivity index (χ4v) is 6.54. The number of hydrogen-bond donors (Lipinski definition) is 0. The van der Waals surface area contributed by atoms with Gasteiger partial charge >= 0.3 is 11.9 Å². The van der Waals surface area contributed by atoms with E-state index in [1.807, 2.05) is 60.7 Å². The molecular formula is C26H18O8. The second kappa shape index (κ2) is 6.08. The van der Waals surface area contributed by atoms with Crippen molar-refractivity contribution in [1.29, 1.82) is 0 Å². The quantitative estimate of drug-likeness (QED) is 0.610. The van der Waals surface area contributed by atoms with Crippen LogP contribution in [0, 0.1) is 10.8 Å². The second-order valence-corrected chi connectivity index (χ2v) is 9.31. The van der Waals surface area contributed by atoms with Crippen LogP contribution in [-0.4, -0.2) is 36.4 Å². The van der Waals surface area contributed by atoms with Gasteiger partial charge in [0.25, 0.3) is 0 Å². The maximum Gasteiger partial charge on any atom is 0.325 e. The van der Waals surface area contributed by atoms with Gasteiger partial charge in [-0.25, -0.2) is 0 Å². The smallest absolute Gasteiger partial charge is 0.325 e. The fraction of sp³-hybridized carbons (Fsp3) is 0.308. The minimum absolute atomic E-state index is 0.255. The third kappa shape index (κ3) is 1.85. The van der Waals surface area contributed by atoms with Gasteiger partial charge in [0, 0.05) is 0 Å². The number of benzene rings is 2. The van der Waals surface area contributed by atoms with Gasteiger partial charge in [-0.15, -0.1) is 0 Å². The first-order valence-corrected chi connectivity index (χ1v) is 11.2. The van der Waals surface area contributed by atoms with Gasteiger partial charge in [0.15, 0.2) is 33.9 Å². The van der Waals surface area contributed by atoms with Crippen molar-refractivity contribution in [3.05, 3.63) is 94.8 Å². The summed E-state index contributed by atoms with van der Waals surface area (Å²) in [5.41, 5.74) is -0.857. The molecule has 0 aliphatic carbocycles. The lowest BCUT2D eigenvalue weighted by Crippen LogP contribution is -2.59. The molecule has 0 N–H and O–H groups in total. The van der Waals surface area contributed by atoms with Crippen molar-refractivity contribution in [3.8, 4) is 0 Å². The van der Waals surface area contributed by atoms with Crippen molar-refractivity contribution in [2.45, 2.75) is 37.6 Å². The third-order valence-corrected chi connectivity index (χ3v) is 7.88. The van der Waals surface area contributed by atoms with Crippen molar-refractivity contribution < 1.29 is 38.0 Å². The summed E-state index contributed by atoms with van der Waals surface area (Å²) in [6.07, 6.45) is -3.21. The van der Waals surface area contributed by atoms with E-state index in [9.17, 15) is 9.59 Å². The van der Waals surface area contributed by atoms with Crippen LogP contribution in [0.5, 0.6) is 0 Å². The molecule has 8 rings (SSSR count). The minimum Gasteiger partial charge on any atom is -0.487 e. The maximum absolute atomic E-state index is 13.5. The highest BCUT2D eigenvalue weighted by Crippen LogP contribution is 2.78. The van der Waals surface area contributed by atoms with E-state index in [1.54, 1.807) is 0 Å². The average Bonchev–Trinajstić information content (AvgIpc) is 3.63. The number of fused-ring (bicyclic) bond motifs is 2. The van der Waals surface area contributed by atoms with Gasteiger partial charge in [0.1, 0.15) is 37.6 Å². The number of carbonyl (C=O) groups is 2. The molecule has 6 aliphatic heterocycles. The van der Waals surface area contributed by atoms with E-state index in [0.717, 1.165) is 11.1 Å². The summed E-state index contributed by atoms with van der Waals surface area (Å²) in [6.45, 7) is 0.510. The van der Waals surface area contributed by atoms with E-state index in [-0.39, 0.29) is 13.2 Å². The number of hydrogen-bond acceptors (Lipinski definition) is 8. The van der Waals surface area contributed by atoms with Crippen LogP contribution in [0.3, 0.4) is 0 Å². The maximum atomic E-state index is 13.5. The Kier molecular flexibility index (Phi) is 3.36. The van der Waals surface area contributed by atoms with E-state index < -0.39 is 47.2 Å². The zero-order valence-electron chi connectivity index (χ0n) is 17.8.